The molecule has 0 nitrogen and oxygen atoms in total. The first-order valence-corrected chi connectivity index (χ1v) is 5.50. The summed E-state index contributed by atoms with van der Waals surface area (Å²) in [5.41, 5.74) is 0.440. The van der Waals surface area contributed by atoms with E-state index < -0.39 is 0 Å². The summed E-state index contributed by atoms with van der Waals surface area (Å²) in [6.45, 7) is 6.87. The molecule has 1 saturated carbocycles. The Balaban J connectivity index is 2.85. The highest BCUT2D eigenvalue weighted by Gasteiger charge is 2.39. The van der Waals surface area contributed by atoms with E-state index in [4.69, 9.17) is 6.42 Å². The summed E-state index contributed by atoms with van der Waals surface area (Å²) in [5.74, 6) is 3.10. The average molecular weight is 178 g/mol. The first-order valence-electron chi connectivity index (χ1n) is 5.50. The summed E-state index contributed by atoms with van der Waals surface area (Å²) < 4.78 is 0. The van der Waals surface area contributed by atoms with Crippen molar-refractivity contribution in [2.45, 2.75) is 59.3 Å². The second kappa shape index (κ2) is 3.74. The molecule has 1 aliphatic carbocycles. The van der Waals surface area contributed by atoms with Gasteiger partial charge >= 0.3 is 0 Å². The molecule has 1 rings (SSSR count). The van der Waals surface area contributed by atoms with E-state index in [0.717, 1.165) is 0 Å². The summed E-state index contributed by atoms with van der Waals surface area (Å²) in [5, 5.41) is 0. The second-order valence-corrected chi connectivity index (χ2v) is 5.39. The SMILES string of the molecule is C#CC1(C(C)(C)C)CCCCCC1. The molecule has 0 aromatic rings. The molecule has 0 bridgehead atoms. The number of rotatable bonds is 0. The van der Waals surface area contributed by atoms with Crippen LogP contribution in [0.4, 0.5) is 0 Å². The Bertz CT molecular complexity index is 191. The standard InChI is InChI=1S/C13H22/c1-5-13(12(2,3)4)10-8-6-7-9-11-13/h1H,6-11H2,2-4H3. The van der Waals surface area contributed by atoms with Crippen LogP contribution in [0.15, 0.2) is 0 Å². The second-order valence-electron chi connectivity index (χ2n) is 5.39. The van der Waals surface area contributed by atoms with E-state index in [1.807, 2.05) is 0 Å². The molecule has 74 valence electrons. The Kier molecular flexibility index (Phi) is 3.06. The maximum absolute atomic E-state index is 5.74. The quantitative estimate of drug-likeness (QED) is 0.388. The Morgan fingerprint density at radius 2 is 1.46 bits per heavy atom. The van der Waals surface area contributed by atoms with E-state index in [-0.39, 0.29) is 10.8 Å². The molecule has 0 amide bonds. The molecular formula is C13H22. The molecule has 0 heterocycles. The predicted molar refractivity (Wildman–Crippen MR) is 58.4 cm³/mol. The van der Waals surface area contributed by atoms with Crippen LogP contribution in [0.1, 0.15) is 59.3 Å². The van der Waals surface area contributed by atoms with E-state index in [9.17, 15) is 0 Å². The lowest BCUT2D eigenvalue weighted by Gasteiger charge is -2.40. The van der Waals surface area contributed by atoms with Crippen LogP contribution in [0.2, 0.25) is 0 Å². The molecule has 0 radical (unpaired) electrons. The van der Waals surface area contributed by atoms with E-state index in [0.29, 0.717) is 0 Å². The first kappa shape index (κ1) is 10.6. The van der Waals surface area contributed by atoms with Crippen LogP contribution < -0.4 is 0 Å². The summed E-state index contributed by atoms with van der Waals surface area (Å²) >= 11 is 0. The van der Waals surface area contributed by atoms with Gasteiger partial charge in [0, 0.05) is 5.41 Å². The van der Waals surface area contributed by atoms with Crippen LogP contribution in [0.25, 0.3) is 0 Å². The maximum atomic E-state index is 5.74. The van der Waals surface area contributed by atoms with Gasteiger partial charge in [-0.3, -0.25) is 0 Å². The first-order chi connectivity index (χ1) is 6.02. The lowest BCUT2D eigenvalue weighted by molar-refractivity contribution is 0.135. The highest BCUT2D eigenvalue weighted by atomic mass is 14.4. The molecular weight excluding hydrogens is 156 g/mol. The largest absolute Gasteiger partial charge is 0.119 e. The van der Waals surface area contributed by atoms with Crippen LogP contribution >= 0.6 is 0 Å². The van der Waals surface area contributed by atoms with Gasteiger partial charge in [-0.1, -0.05) is 52.4 Å². The Labute approximate surface area is 83.1 Å². The van der Waals surface area contributed by atoms with Gasteiger partial charge in [0.15, 0.2) is 0 Å². The molecule has 0 saturated heterocycles. The summed E-state index contributed by atoms with van der Waals surface area (Å²) in [4.78, 5) is 0. The smallest absolute Gasteiger partial charge is 0.0360 e. The van der Waals surface area contributed by atoms with Gasteiger partial charge in [-0.2, -0.15) is 0 Å². The monoisotopic (exact) mass is 178 g/mol. The third-order valence-corrected chi connectivity index (χ3v) is 3.67. The van der Waals surface area contributed by atoms with Gasteiger partial charge in [-0.15, -0.1) is 6.42 Å². The number of hydrogen-bond donors (Lipinski definition) is 0. The fourth-order valence-corrected chi connectivity index (χ4v) is 2.44. The number of hydrogen-bond acceptors (Lipinski definition) is 0. The van der Waals surface area contributed by atoms with Gasteiger partial charge in [0.25, 0.3) is 0 Å². The van der Waals surface area contributed by atoms with Gasteiger partial charge in [0.1, 0.15) is 0 Å². The van der Waals surface area contributed by atoms with Crippen molar-refractivity contribution in [3.63, 3.8) is 0 Å². The average Bonchev–Trinajstić information content (AvgIpc) is 2.27. The van der Waals surface area contributed by atoms with Crippen molar-refractivity contribution in [3.8, 4) is 12.3 Å². The molecule has 0 aromatic carbocycles. The topological polar surface area (TPSA) is 0 Å². The Morgan fingerprint density at radius 1 is 1.00 bits per heavy atom. The molecule has 0 aliphatic heterocycles. The van der Waals surface area contributed by atoms with E-state index >= 15 is 0 Å². The molecule has 13 heavy (non-hydrogen) atoms. The summed E-state index contributed by atoms with van der Waals surface area (Å²) in [6.07, 6.45) is 13.6. The van der Waals surface area contributed by atoms with Crippen LogP contribution in [0.3, 0.4) is 0 Å². The molecule has 0 heteroatoms. The summed E-state index contributed by atoms with van der Waals surface area (Å²) in [7, 11) is 0. The van der Waals surface area contributed by atoms with Crippen molar-refractivity contribution in [1.29, 1.82) is 0 Å². The zero-order valence-electron chi connectivity index (χ0n) is 9.32. The third-order valence-electron chi connectivity index (χ3n) is 3.67. The molecule has 0 N–H and O–H groups in total. The molecule has 0 aromatic heterocycles. The molecule has 0 atom stereocenters. The van der Waals surface area contributed by atoms with Crippen molar-refractivity contribution in [2.24, 2.45) is 10.8 Å². The normalized spacial score (nSPS) is 23.2. The molecule has 0 spiro atoms. The van der Waals surface area contributed by atoms with Crippen molar-refractivity contribution in [2.75, 3.05) is 0 Å². The lowest BCUT2D eigenvalue weighted by Crippen LogP contribution is -2.33. The van der Waals surface area contributed by atoms with E-state index in [1.165, 1.54) is 38.5 Å². The fourth-order valence-electron chi connectivity index (χ4n) is 2.44. The minimum atomic E-state index is 0.170. The minimum Gasteiger partial charge on any atom is -0.119 e. The number of terminal acetylenes is 1. The van der Waals surface area contributed by atoms with Gasteiger partial charge in [-0.25, -0.2) is 0 Å². The van der Waals surface area contributed by atoms with Gasteiger partial charge in [-0.05, 0) is 18.3 Å². The maximum Gasteiger partial charge on any atom is 0.0360 e. The van der Waals surface area contributed by atoms with Crippen molar-refractivity contribution < 1.29 is 0 Å². The lowest BCUT2D eigenvalue weighted by atomic mass is 9.63. The van der Waals surface area contributed by atoms with Gasteiger partial charge in [0.2, 0.25) is 0 Å². The fraction of sp³-hybridized carbons (Fsp3) is 0.846. The minimum absolute atomic E-state index is 0.170. The van der Waals surface area contributed by atoms with Crippen LogP contribution in [0, 0.1) is 23.2 Å². The highest BCUT2D eigenvalue weighted by molar-refractivity contribution is 5.11. The third kappa shape index (κ3) is 2.08. The van der Waals surface area contributed by atoms with Gasteiger partial charge in [0.05, 0.1) is 0 Å². The van der Waals surface area contributed by atoms with Crippen molar-refractivity contribution in [3.05, 3.63) is 0 Å². The predicted octanol–water partition coefficient (Wildman–Crippen LogP) is 4.01. The van der Waals surface area contributed by atoms with Crippen LogP contribution in [0.5, 0.6) is 0 Å². The summed E-state index contributed by atoms with van der Waals surface area (Å²) in [6, 6.07) is 0. The van der Waals surface area contributed by atoms with E-state index in [1.54, 1.807) is 0 Å². The Morgan fingerprint density at radius 3 is 1.77 bits per heavy atom. The molecule has 0 unspecified atom stereocenters. The van der Waals surface area contributed by atoms with Crippen LogP contribution in [-0.2, 0) is 0 Å². The zero-order valence-corrected chi connectivity index (χ0v) is 9.32. The van der Waals surface area contributed by atoms with Gasteiger partial charge < -0.3 is 0 Å². The van der Waals surface area contributed by atoms with Crippen molar-refractivity contribution in [1.82, 2.24) is 0 Å². The molecule has 1 aliphatic rings. The zero-order chi connectivity index (χ0) is 9.95. The molecule has 1 fully saturated rings. The van der Waals surface area contributed by atoms with Crippen molar-refractivity contribution >= 4 is 0 Å². The Hall–Kier alpha value is -0.440. The van der Waals surface area contributed by atoms with E-state index in [2.05, 4.69) is 26.7 Å². The highest BCUT2D eigenvalue weighted by Crippen LogP contribution is 2.47. The van der Waals surface area contributed by atoms with Crippen LogP contribution in [-0.4, -0.2) is 0 Å².